The summed E-state index contributed by atoms with van der Waals surface area (Å²) in [5.41, 5.74) is 0.395. The SMILES string of the molecule is CC(C)N(C)C(=O)Nc1ccc2oc(C(F)(F)F)nc2c1. The molecular formula is C13H14F3N3O2. The number of fused-ring (bicyclic) bond motifs is 1. The first kappa shape index (κ1) is 15.1. The summed E-state index contributed by atoms with van der Waals surface area (Å²) in [5.74, 6) is -1.31. The van der Waals surface area contributed by atoms with Crippen molar-refractivity contribution in [3.8, 4) is 0 Å². The largest absolute Gasteiger partial charge is 0.468 e. The monoisotopic (exact) mass is 301 g/mol. The fourth-order valence-corrected chi connectivity index (χ4v) is 1.57. The van der Waals surface area contributed by atoms with Gasteiger partial charge < -0.3 is 14.6 Å². The number of carbonyl (C=O) groups is 1. The van der Waals surface area contributed by atoms with E-state index in [1.54, 1.807) is 7.05 Å². The van der Waals surface area contributed by atoms with Crippen LogP contribution in [0.15, 0.2) is 22.6 Å². The molecule has 0 atom stereocenters. The number of anilines is 1. The van der Waals surface area contributed by atoms with Gasteiger partial charge in [0.15, 0.2) is 5.58 Å². The zero-order chi connectivity index (χ0) is 15.8. The molecule has 0 aliphatic carbocycles. The number of hydrogen-bond donors (Lipinski definition) is 1. The van der Waals surface area contributed by atoms with Gasteiger partial charge in [-0.2, -0.15) is 13.2 Å². The lowest BCUT2D eigenvalue weighted by Crippen LogP contribution is -2.36. The van der Waals surface area contributed by atoms with E-state index in [9.17, 15) is 18.0 Å². The Morgan fingerprint density at radius 3 is 2.62 bits per heavy atom. The molecule has 1 N–H and O–H groups in total. The highest BCUT2D eigenvalue weighted by atomic mass is 19.4. The van der Waals surface area contributed by atoms with Crippen molar-refractivity contribution in [1.29, 1.82) is 0 Å². The van der Waals surface area contributed by atoms with Crippen molar-refractivity contribution < 1.29 is 22.4 Å². The Kier molecular flexibility index (Phi) is 3.80. The minimum Gasteiger partial charge on any atom is -0.433 e. The van der Waals surface area contributed by atoms with Crippen LogP contribution in [0.2, 0.25) is 0 Å². The van der Waals surface area contributed by atoms with Crippen LogP contribution in [0.5, 0.6) is 0 Å². The van der Waals surface area contributed by atoms with Crippen LogP contribution in [-0.4, -0.2) is 29.0 Å². The minimum absolute atomic E-state index is 0.00221. The van der Waals surface area contributed by atoms with Crippen molar-refractivity contribution in [3.63, 3.8) is 0 Å². The fraction of sp³-hybridized carbons (Fsp3) is 0.385. The Hall–Kier alpha value is -2.25. The summed E-state index contributed by atoms with van der Waals surface area (Å²) in [7, 11) is 1.62. The summed E-state index contributed by atoms with van der Waals surface area (Å²) in [6, 6.07) is 3.77. The number of benzene rings is 1. The normalized spacial score (nSPS) is 12.0. The van der Waals surface area contributed by atoms with Crippen LogP contribution in [0.25, 0.3) is 11.1 Å². The quantitative estimate of drug-likeness (QED) is 0.919. The van der Waals surface area contributed by atoms with Crippen LogP contribution in [0.3, 0.4) is 0 Å². The van der Waals surface area contributed by atoms with Crippen molar-refractivity contribution in [2.45, 2.75) is 26.1 Å². The van der Waals surface area contributed by atoms with Crippen molar-refractivity contribution in [2.24, 2.45) is 0 Å². The van der Waals surface area contributed by atoms with E-state index in [0.717, 1.165) is 0 Å². The van der Waals surface area contributed by atoms with E-state index in [-0.39, 0.29) is 23.2 Å². The maximum absolute atomic E-state index is 12.5. The Morgan fingerprint density at radius 2 is 2.05 bits per heavy atom. The number of nitrogens with one attached hydrogen (secondary N) is 1. The first-order valence-corrected chi connectivity index (χ1v) is 6.20. The first-order chi connectivity index (χ1) is 9.68. The Morgan fingerprint density at radius 1 is 1.38 bits per heavy atom. The molecule has 0 spiro atoms. The van der Waals surface area contributed by atoms with Gasteiger partial charge in [0, 0.05) is 18.8 Å². The molecular weight excluding hydrogens is 287 g/mol. The lowest BCUT2D eigenvalue weighted by Gasteiger charge is -2.21. The smallest absolute Gasteiger partial charge is 0.433 e. The van der Waals surface area contributed by atoms with Crippen LogP contribution in [0.4, 0.5) is 23.7 Å². The summed E-state index contributed by atoms with van der Waals surface area (Å²) in [5, 5.41) is 2.59. The third-order valence-corrected chi connectivity index (χ3v) is 2.98. The number of amides is 2. The van der Waals surface area contributed by atoms with E-state index in [0.29, 0.717) is 5.69 Å². The fourth-order valence-electron chi connectivity index (χ4n) is 1.57. The predicted molar refractivity (Wildman–Crippen MR) is 70.9 cm³/mol. The standard InChI is InChI=1S/C13H14F3N3O2/c1-7(2)19(3)12(20)17-8-4-5-10-9(6-8)18-11(21-10)13(14,15)16/h4-7H,1-3H3,(H,17,20). The molecule has 0 unspecified atom stereocenters. The van der Waals surface area contributed by atoms with Crippen molar-refractivity contribution in [1.82, 2.24) is 9.88 Å². The van der Waals surface area contributed by atoms with E-state index in [2.05, 4.69) is 14.7 Å². The van der Waals surface area contributed by atoms with Gasteiger partial charge >= 0.3 is 18.1 Å². The average Bonchev–Trinajstić information content (AvgIpc) is 2.80. The lowest BCUT2D eigenvalue weighted by molar-refractivity contribution is -0.156. The molecule has 0 fully saturated rings. The molecule has 2 rings (SSSR count). The van der Waals surface area contributed by atoms with E-state index in [4.69, 9.17) is 0 Å². The van der Waals surface area contributed by atoms with Gasteiger partial charge in [-0.15, -0.1) is 0 Å². The van der Waals surface area contributed by atoms with Crippen LogP contribution in [0.1, 0.15) is 19.7 Å². The molecule has 0 aliphatic heterocycles. The third-order valence-electron chi connectivity index (χ3n) is 2.98. The molecule has 1 heterocycles. The van der Waals surface area contributed by atoms with Crippen molar-refractivity contribution in [2.75, 3.05) is 12.4 Å². The second-order valence-electron chi connectivity index (χ2n) is 4.83. The molecule has 0 aliphatic rings. The van der Waals surface area contributed by atoms with Gasteiger partial charge in [0.2, 0.25) is 0 Å². The molecule has 2 aromatic rings. The number of urea groups is 1. The molecule has 0 bridgehead atoms. The molecule has 2 amide bonds. The van der Waals surface area contributed by atoms with E-state index in [1.807, 2.05) is 13.8 Å². The van der Waals surface area contributed by atoms with Gasteiger partial charge in [0.1, 0.15) is 5.52 Å². The second-order valence-corrected chi connectivity index (χ2v) is 4.83. The molecule has 21 heavy (non-hydrogen) atoms. The Bertz CT molecular complexity index is 664. The van der Waals surface area contributed by atoms with Gasteiger partial charge in [-0.05, 0) is 32.0 Å². The lowest BCUT2D eigenvalue weighted by atomic mass is 10.3. The Labute approximate surface area is 118 Å². The summed E-state index contributed by atoms with van der Waals surface area (Å²) in [6.07, 6.45) is -4.64. The molecule has 114 valence electrons. The van der Waals surface area contributed by atoms with Crippen LogP contribution in [-0.2, 0) is 6.18 Å². The number of halogens is 3. The Balaban J connectivity index is 2.25. The summed E-state index contributed by atoms with van der Waals surface area (Å²) in [4.78, 5) is 16.7. The highest BCUT2D eigenvalue weighted by Gasteiger charge is 2.37. The van der Waals surface area contributed by atoms with E-state index in [1.165, 1.54) is 23.1 Å². The number of rotatable bonds is 2. The molecule has 0 saturated carbocycles. The number of aromatic nitrogens is 1. The first-order valence-electron chi connectivity index (χ1n) is 6.20. The maximum atomic E-state index is 12.5. The van der Waals surface area contributed by atoms with Gasteiger partial charge in [-0.3, -0.25) is 0 Å². The second kappa shape index (κ2) is 5.27. The minimum atomic E-state index is -4.64. The summed E-state index contributed by atoms with van der Waals surface area (Å²) in [6.45, 7) is 3.69. The van der Waals surface area contributed by atoms with Crippen LogP contribution in [0, 0.1) is 0 Å². The van der Waals surface area contributed by atoms with Crippen molar-refractivity contribution in [3.05, 3.63) is 24.1 Å². The number of carbonyl (C=O) groups excluding carboxylic acids is 1. The number of alkyl halides is 3. The number of hydrogen-bond acceptors (Lipinski definition) is 3. The van der Waals surface area contributed by atoms with Gasteiger partial charge in [0.05, 0.1) is 0 Å². The van der Waals surface area contributed by atoms with Gasteiger partial charge in [-0.25, -0.2) is 9.78 Å². The maximum Gasteiger partial charge on any atom is 0.468 e. The molecule has 8 heteroatoms. The zero-order valence-corrected chi connectivity index (χ0v) is 11.7. The molecule has 1 aromatic carbocycles. The number of oxazole rings is 1. The summed E-state index contributed by atoms with van der Waals surface area (Å²) < 4.78 is 42.1. The topological polar surface area (TPSA) is 58.4 Å². The van der Waals surface area contributed by atoms with E-state index < -0.39 is 12.1 Å². The van der Waals surface area contributed by atoms with Crippen molar-refractivity contribution >= 4 is 22.8 Å². The average molecular weight is 301 g/mol. The van der Waals surface area contributed by atoms with Gasteiger partial charge in [0.25, 0.3) is 0 Å². The molecule has 5 nitrogen and oxygen atoms in total. The van der Waals surface area contributed by atoms with Gasteiger partial charge in [-0.1, -0.05) is 0 Å². The third kappa shape index (κ3) is 3.26. The molecule has 1 aromatic heterocycles. The van der Waals surface area contributed by atoms with Crippen LogP contribution >= 0.6 is 0 Å². The predicted octanol–water partition coefficient (Wildman–Crippen LogP) is 3.72. The van der Waals surface area contributed by atoms with E-state index >= 15 is 0 Å². The number of nitrogens with zero attached hydrogens (tertiary/aromatic N) is 2. The highest BCUT2D eigenvalue weighted by Crippen LogP contribution is 2.31. The molecule has 0 radical (unpaired) electrons. The van der Waals surface area contributed by atoms with Crippen LogP contribution < -0.4 is 5.32 Å². The summed E-state index contributed by atoms with van der Waals surface area (Å²) >= 11 is 0. The highest BCUT2D eigenvalue weighted by molar-refractivity contribution is 5.91. The zero-order valence-electron chi connectivity index (χ0n) is 11.7. The molecule has 0 saturated heterocycles.